The molecule has 100 valence electrons. The van der Waals surface area contributed by atoms with Crippen LogP contribution in [0.25, 0.3) is 0 Å². The second-order valence-electron chi connectivity index (χ2n) is 4.23. The molecule has 3 N–H and O–H groups in total. The number of methoxy groups -OCH3 is 1. The summed E-state index contributed by atoms with van der Waals surface area (Å²) in [7, 11) is 3.30. The molecule has 5 heteroatoms. The van der Waals surface area contributed by atoms with E-state index in [9.17, 15) is 4.79 Å². The van der Waals surface area contributed by atoms with Gasteiger partial charge in [-0.05, 0) is 24.1 Å². The molecule has 0 saturated heterocycles. The first-order valence-electron chi connectivity index (χ1n) is 5.82. The summed E-state index contributed by atoms with van der Waals surface area (Å²) in [5.74, 6) is 0.0935. The van der Waals surface area contributed by atoms with Crippen LogP contribution in [-0.2, 0) is 16.0 Å². The van der Waals surface area contributed by atoms with Gasteiger partial charge in [-0.15, -0.1) is 0 Å². The smallest absolute Gasteiger partial charge is 0.239 e. The van der Waals surface area contributed by atoms with Gasteiger partial charge in [-0.25, -0.2) is 0 Å². The van der Waals surface area contributed by atoms with E-state index in [0.717, 1.165) is 5.56 Å². The Morgan fingerprint density at radius 1 is 1.44 bits per heavy atom. The van der Waals surface area contributed by atoms with Crippen molar-refractivity contribution in [2.75, 3.05) is 27.3 Å². The van der Waals surface area contributed by atoms with Gasteiger partial charge < -0.3 is 20.5 Å². The largest absolute Gasteiger partial charge is 0.508 e. The zero-order valence-corrected chi connectivity index (χ0v) is 10.8. The van der Waals surface area contributed by atoms with Crippen molar-refractivity contribution in [3.63, 3.8) is 0 Å². The van der Waals surface area contributed by atoms with Gasteiger partial charge >= 0.3 is 0 Å². The van der Waals surface area contributed by atoms with Crippen LogP contribution >= 0.6 is 0 Å². The Hall–Kier alpha value is -1.59. The lowest BCUT2D eigenvalue weighted by Crippen LogP contribution is -2.44. The average Bonchev–Trinajstić information content (AvgIpc) is 2.37. The van der Waals surface area contributed by atoms with Crippen molar-refractivity contribution in [3.8, 4) is 5.75 Å². The van der Waals surface area contributed by atoms with Crippen molar-refractivity contribution in [2.45, 2.75) is 12.5 Å². The summed E-state index contributed by atoms with van der Waals surface area (Å²) in [6.45, 7) is 1.02. The Morgan fingerprint density at radius 3 is 2.61 bits per heavy atom. The van der Waals surface area contributed by atoms with E-state index in [-0.39, 0.29) is 11.7 Å². The maximum atomic E-state index is 11.9. The van der Waals surface area contributed by atoms with Gasteiger partial charge in [-0.3, -0.25) is 4.79 Å². The molecule has 18 heavy (non-hydrogen) atoms. The number of carbonyl (C=O) groups is 1. The average molecular weight is 252 g/mol. The molecular formula is C13H20N2O3. The predicted molar refractivity (Wildman–Crippen MR) is 69.3 cm³/mol. The highest BCUT2D eigenvalue weighted by Gasteiger charge is 2.18. The minimum Gasteiger partial charge on any atom is -0.508 e. The lowest BCUT2D eigenvalue weighted by Gasteiger charge is -2.21. The van der Waals surface area contributed by atoms with E-state index in [1.807, 2.05) is 0 Å². The monoisotopic (exact) mass is 252 g/mol. The normalized spacial score (nSPS) is 12.2. The number of hydrogen-bond donors (Lipinski definition) is 2. The van der Waals surface area contributed by atoms with E-state index in [1.54, 1.807) is 43.3 Å². The number of hydrogen-bond acceptors (Lipinski definition) is 4. The molecule has 0 unspecified atom stereocenters. The van der Waals surface area contributed by atoms with E-state index in [2.05, 4.69) is 0 Å². The number of likely N-dealkylation sites (N-methyl/N-ethyl adjacent to an activating group) is 1. The summed E-state index contributed by atoms with van der Waals surface area (Å²) >= 11 is 0. The maximum absolute atomic E-state index is 11.9. The summed E-state index contributed by atoms with van der Waals surface area (Å²) in [6, 6.07) is 6.12. The number of nitrogens with zero attached hydrogens (tertiary/aromatic N) is 1. The van der Waals surface area contributed by atoms with Gasteiger partial charge in [0.1, 0.15) is 5.75 Å². The predicted octanol–water partition coefficient (Wildman–Crippen LogP) is 0.367. The molecule has 0 aliphatic rings. The standard InChI is InChI=1S/C13H20N2O3/c1-15(7-8-18-2)13(17)12(14)9-10-3-5-11(16)6-4-10/h3-6,12,16H,7-9,14H2,1-2H3/t12-/m1/s1. The Kier molecular flexibility index (Phi) is 5.61. The van der Waals surface area contributed by atoms with Crippen LogP contribution in [-0.4, -0.2) is 49.3 Å². The molecule has 0 fully saturated rings. The molecule has 0 aliphatic heterocycles. The summed E-state index contributed by atoms with van der Waals surface area (Å²) < 4.78 is 4.91. The van der Waals surface area contributed by atoms with E-state index < -0.39 is 6.04 Å². The molecule has 1 amide bonds. The van der Waals surface area contributed by atoms with E-state index in [0.29, 0.717) is 19.6 Å². The highest BCUT2D eigenvalue weighted by Crippen LogP contribution is 2.11. The summed E-state index contributed by atoms with van der Waals surface area (Å²) in [5, 5.41) is 9.17. The third-order valence-electron chi connectivity index (χ3n) is 2.72. The summed E-state index contributed by atoms with van der Waals surface area (Å²) in [4.78, 5) is 13.5. The molecule has 0 aromatic heterocycles. The van der Waals surface area contributed by atoms with Gasteiger partial charge in [0.25, 0.3) is 0 Å². The number of amides is 1. The molecule has 0 heterocycles. The van der Waals surface area contributed by atoms with Crippen molar-refractivity contribution in [1.82, 2.24) is 4.90 Å². The van der Waals surface area contributed by atoms with Crippen LogP contribution in [0.3, 0.4) is 0 Å². The fourth-order valence-electron chi connectivity index (χ4n) is 1.59. The number of rotatable bonds is 6. The van der Waals surface area contributed by atoms with Gasteiger partial charge in [-0.2, -0.15) is 0 Å². The van der Waals surface area contributed by atoms with Crippen LogP contribution in [0.2, 0.25) is 0 Å². The topological polar surface area (TPSA) is 75.8 Å². The first-order valence-corrected chi connectivity index (χ1v) is 5.82. The molecule has 1 aromatic rings. The highest BCUT2D eigenvalue weighted by molar-refractivity contribution is 5.81. The lowest BCUT2D eigenvalue weighted by molar-refractivity contribution is -0.131. The van der Waals surface area contributed by atoms with Crippen LogP contribution in [0.1, 0.15) is 5.56 Å². The minimum atomic E-state index is -0.573. The Labute approximate surface area is 107 Å². The number of carbonyl (C=O) groups excluding carboxylic acids is 1. The Balaban J connectivity index is 2.51. The van der Waals surface area contributed by atoms with E-state index in [4.69, 9.17) is 15.6 Å². The van der Waals surface area contributed by atoms with E-state index in [1.165, 1.54) is 0 Å². The van der Waals surface area contributed by atoms with Crippen LogP contribution in [0.15, 0.2) is 24.3 Å². The molecule has 1 rings (SSSR count). The molecule has 1 atom stereocenters. The third-order valence-corrected chi connectivity index (χ3v) is 2.72. The number of aromatic hydroxyl groups is 1. The van der Waals surface area contributed by atoms with Crippen LogP contribution in [0, 0.1) is 0 Å². The van der Waals surface area contributed by atoms with Crippen molar-refractivity contribution >= 4 is 5.91 Å². The highest BCUT2D eigenvalue weighted by atomic mass is 16.5. The maximum Gasteiger partial charge on any atom is 0.239 e. The van der Waals surface area contributed by atoms with Crippen LogP contribution in [0.4, 0.5) is 0 Å². The molecule has 5 nitrogen and oxygen atoms in total. The minimum absolute atomic E-state index is 0.111. The second kappa shape index (κ2) is 6.98. The quantitative estimate of drug-likeness (QED) is 0.767. The zero-order valence-electron chi connectivity index (χ0n) is 10.8. The summed E-state index contributed by atoms with van der Waals surface area (Å²) in [6.07, 6.45) is 0.455. The number of phenols is 1. The van der Waals surface area contributed by atoms with Gasteiger partial charge in [0, 0.05) is 20.7 Å². The second-order valence-corrected chi connectivity index (χ2v) is 4.23. The number of ether oxygens (including phenoxy) is 1. The number of phenolic OH excluding ortho intramolecular Hbond substituents is 1. The molecule has 0 saturated carbocycles. The number of benzene rings is 1. The summed E-state index contributed by atoms with van der Waals surface area (Å²) in [5.41, 5.74) is 6.79. The van der Waals surface area contributed by atoms with Gasteiger partial charge in [0.15, 0.2) is 0 Å². The third kappa shape index (κ3) is 4.35. The van der Waals surface area contributed by atoms with Crippen LogP contribution in [0.5, 0.6) is 5.75 Å². The molecule has 0 spiro atoms. The molecular weight excluding hydrogens is 232 g/mol. The van der Waals surface area contributed by atoms with Crippen molar-refractivity contribution in [2.24, 2.45) is 5.73 Å². The van der Waals surface area contributed by atoms with E-state index >= 15 is 0 Å². The first-order chi connectivity index (χ1) is 8.54. The number of nitrogens with two attached hydrogens (primary N) is 1. The van der Waals surface area contributed by atoms with Crippen molar-refractivity contribution in [1.29, 1.82) is 0 Å². The Morgan fingerprint density at radius 2 is 2.06 bits per heavy atom. The molecule has 0 radical (unpaired) electrons. The first kappa shape index (κ1) is 14.5. The molecule has 0 aliphatic carbocycles. The van der Waals surface area contributed by atoms with Gasteiger partial charge in [0.2, 0.25) is 5.91 Å². The fraction of sp³-hybridized carbons (Fsp3) is 0.462. The van der Waals surface area contributed by atoms with Gasteiger partial charge in [-0.1, -0.05) is 12.1 Å². The molecule has 1 aromatic carbocycles. The van der Waals surface area contributed by atoms with Gasteiger partial charge in [0.05, 0.1) is 12.6 Å². The van der Waals surface area contributed by atoms with Crippen molar-refractivity contribution in [3.05, 3.63) is 29.8 Å². The van der Waals surface area contributed by atoms with Crippen LogP contribution < -0.4 is 5.73 Å². The Bertz CT molecular complexity index is 378. The van der Waals surface area contributed by atoms with Crippen molar-refractivity contribution < 1.29 is 14.6 Å². The SMILES string of the molecule is COCCN(C)C(=O)[C@H](N)Cc1ccc(O)cc1. The molecule has 0 bridgehead atoms. The zero-order chi connectivity index (χ0) is 13.5. The fourth-order valence-corrected chi connectivity index (χ4v) is 1.59. The lowest BCUT2D eigenvalue weighted by atomic mass is 10.1.